The van der Waals surface area contributed by atoms with Crippen molar-refractivity contribution in [2.45, 2.75) is 26.2 Å². The van der Waals surface area contributed by atoms with E-state index in [9.17, 15) is 9.59 Å². The van der Waals surface area contributed by atoms with E-state index in [1.807, 2.05) is 43.3 Å². The Bertz CT molecular complexity index is 915. The number of amides is 2. The molecule has 0 spiro atoms. The first-order valence-electron chi connectivity index (χ1n) is 8.79. The normalized spacial score (nSPS) is 11.6. The lowest BCUT2D eigenvalue weighted by Crippen LogP contribution is -2.23. The molecular weight excluding hydrogens is 340 g/mol. The maximum absolute atomic E-state index is 13.0. The van der Waals surface area contributed by atoms with E-state index in [1.165, 1.54) is 6.92 Å². The third kappa shape index (κ3) is 5.07. The average molecular weight is 362 g/mol. The molecule has 3 aromatic rings. The summed E-state index contributed by atoms with van der Waals surface area (Å²) >= 11 is 0. The summed E-state index contributed by atoms with van der Waals surface area (Å²) in [4.78, 5) is 24.3. The summed E-state index contributed by atoms with van der Waals surface area (Å²) in [5.41, 5.74) is 3.33. The molecule has 0 saturated carbocycles. The number of carbonyl (C=O) groups excluding carboxylic acids is 2. The summed E-state index contributed by atoms with van der Waals surface area (Å²) in [5.74, 6) is 0.0768. The average Bonchev–Trinajstić information content (AvgIpc) is 3.13. The minimum atomic E-state index is -0.388. The van der Waals surface area contributed by atoms with Crippen LogP contribution in [0, 0.1) is 6.92 Å². The molecule has 138 valence electrons. The van der Waals surface area contributed by atoms with Crippen molar-refractivity contribution in [3.63, 3.8) is 0 Å². The zero-order valence-corrected chi connectivity index (χ0v) is 15.4. The molecule has 2 amide bonds. The van der Waals surface area contributed by atoms with Gasteiger partial charge in [0.25, 0.3) is 0 Å². The number of furan rings is 1. The Labute approximate surface area is 158 Å². The van der Waals surface area contributed by atoms with Gasteiger partial charge < -0.3 is 15.1 Å². The lowest BCUT2D eigenvalue weighted by atomic mass is 9.93. The SMILES string of the molecule is CC(=O)Nc1cccc(NC(=O)C(Cc2ccco2)c2ccc(C)cc2)c1. The van der Waals surface area contributed by atoms with Gasteiger partial charge in [0, 0.05) is 24.7 Å². The fraction of sp³-hybridized carbons (Fsp3) is 0.182. The summed E-state index contributed by atoms with van der Waals surface area (Å²) in [6, 6.07) is 18.7. The molecule has 1 heterocycles. The zero-order chi connectivity index (χ0) is 19.2. The van der Waals surface area contributed by atoms with E-state index in [2.05, 4.69) is 10.6 Å². The third-order valence-electron chi connectivity index (χ3n) is 4.23. The van der Waals surface area contributed by atoms with Crippen LogP contribution in [0.15, 0.2) is 71.3 Å². The van der Waals surface area contributed by atoms with Crippen LogP contribution in [0.2, 0.25) is 0 Å². The van der Waals surface area contributed by atoms with Gasteiger partial charge in [0.05, 0.1) is 12.2 Å². The highest BCUT2D eigenvalue weighted by molar-refractivity contribution is 5.97. The third-order valence-corrected chi connectivity index (χ3v) is 4.23. The Morgan fingerprint density at radius 1 is 0.963 bits per heavy atom. The maximum atomic E-state index is 13.0. The molecule has 0 bridgehead atoms. The van der Waals surface area contributed by atoms with Crippen LogP contribution in [-0.4, -0.2) is 11.8 Å². The van der Waals surface area contributed by atoms with Crippen molar-refractivity contribution >= 4 is 23.2 Å². The molecule has 2 aromatic carbocycles. The van der Waals surface area contributed by atoms with Crippen molar-refractivity contribution in [2.24, 2.45) is 0 Å². The van der Waals surface area contributed by atoms with E-state index in [4.69, 9.17) is 4.42 Å². The predicted molar refractivity (Wildman–Crippen MR) is 106 cm³/mol. The summed E-state index contributed by atoms with van der Waals surface area (Å²) in [6.45, 7) is 3.46. The van der Waals surface area contributed by atoms with Crippen LogP contribution >= 0.6 is 0 Å². The highest BCUT2D eigenvalue weighted by Gasteiger charge is 2.22. The van der Waals surface area contributed by atoms with Crippen LogP contribution < -0.4 is 10.6 Å². The van der Waals surface area contributed by atoms with Crippen LogP contribution in [0.5, 0.6) is 0 Å². The molecule has 1 unspecified atom stereocenters. The van der Waals surface area contributed by atoms with Gasteiger partial charge in [-0.05, 0) is 42.8 Å². The van der Waals surface area contributed by atoms with Crippen molar-refractivity contribution in [1.29, 1.82) is 0 Å². The second kappa shape index (κ2) is 8.36. The number of nitrogens with one attached hydrogen (secondary N) is 2. The smallest absolute Gasteiger partial charge is 0.232 e. The highest BCUT2D eigenvalue weighted by Crippen LogP contribution is 2.25. The van der Waals surface area contributed by atoms with Crippen LogP contribution in [0.1, 0.15) is 29.7 Å². The number of carbonyl (C=O) groups is 2. The molecule has 0 radical (unpaired) electrons. The summed E-state index contributed by atoms with van der Waals surface area (Å²) in [6.07, 6.45) is 2.07. The zero-order valence-electron chi connectivity index (χ0n) is 15.4. The molecule has 0 aliphatic rings. The molecule has 0 saturated heterocycles. The fourth-order valence-corrected chi connectivity index (χ4v) is 2.90. The standard InChI is InChI=1S/C22H22N2O3/c1-15-8-10-17(11-9-15)21(14-20-7-4-12-27-20)22(26)24-19-6-3-5-18(13-19)23-16(2)25/h3-13,21H,14H2,1-2H3,(H,23,25)(H,24,26). The monoisotopic (exact) mass is 362 g/mol. The Morgan fingerprint density at radius 3 is 2.30 bits per heavy atom. The number of hydrogen-bond donors (Lipinski definition) is 2. The molecule has 0 aliphatic heterocycles. The lowest BCUT2D eigenvalue weighted by Gasteiger charge is -2.17. The van der Waals surface area contributed by atoms with E-state index in [1.54, 1.807) is 30.5 Å². The van der Waals surface area contributed by atoms with E-state index in [0.29, 0.717) is 17.8 Å². The molecule has 5 nitrogen and oxygen atoms in total. The second-order valence-electron chi connectivity index (χ2n) is 6.50. The van der Waals surface area contributed by atoms with Crippen molar-refractivity contribution < 1.29 is 14.0 Å². The van der Waals surface area contributed by atoms with Crippen LogP contribution in [0.4, 0.5) is 11.4 Å². The quantitative estimate of drug-likeness (QED) is 0.678. The molecule has 1 aromatic heterocycles. The first kappa shape index (κ1) is 18.5. The second-order valence-corrected chi connectivity index (χ2v) is 6.50. The summed E-state index contributed by atoms with van der Waals surface area (Å²) in [5, 5.41) is 5.67. The van der Waals surface area contributed by atoms with Crippen molar-refractivity contribution in [3.8, 4) is 0 Å². The Morgan fingerprint density at radius 2 is 1.67 bits per heavy atom. The minimum Gasteiger partial charge on any atom is -0.469 e. The van der Waals surface area contributed by atoms with Crippen molar-refractivity contribution in [3.05, 3.63) is 83.8 Å². The minimum absolute atomic E-state index is 0.129. The first-order valence-corrected chi connectivity index (χ1v) is 8.79. The van der Waals surface area contributed by atoms with Gasteiger partial charge >= 0.3 is 0 Å². The predicted octanol–water partition coefficient (Wildman–Crippen LogP) is 4.51. The topological polar surface area (TPSA) is 71.3 Å². The molecule has 0 fully saturated rings. The Balaban J connectivity index is 1.82. The summed E-state index contributed by atoms with van der Waals surface area (Å²) < 4.78 is 5.44. The fourth-order valence-electron chi connectivity index (χ4n) is 2.90. The van der Waals surface area contributed by atoms with Gasteiger partial charge in [0.1, 0.15) is 5.76 Å². The number of benzene rings is 2. The molecule has 2 N–H and O–H groups in total. The van der Waals surface area contributed by atoms with Crippen molar-refractivity contribution in [1.82, 2.24) is 0 Å². The van der Waals surface area contributed by atoms with Gasteiger partial charge in [-0.25, -0.2) is 0 Å². The van der Waals surface area contributed by atoms with Gasteiger partial charge in [-0.3, -0.25) is 9.59 Å². The largest absolute Gasteiger partial charge is 0.469 e. The number of anilines is 2. The lowest BCUT2D eigenvalue weighted by molar-refractivity contribution is -0.117. The van der Waals surface area contributed by atoms with Crippen molar-refractivity contribution in [2.75, 3.05) is 10.6 Å². The van der Waals surface area contributed by atoms with Gasteiger partial charge in [0.2, 0.25) is 11.8 Å². The molecule has 3 rings (SSSR count). The molecular formula is C22H22N2O3. The van der Waals surface area contributed by atoms with Gasteiger partial charge in [-0.2, -0.15) is 0 Å². The molecule has 5 heteroatoms. The van der Waals surface area contributed by atoms with Gasteiger partial charge in [-0.1, -0.05) is 35.9 Å². The number of hydrogen-bond acceptors (Lipinski definition) is 3. The number of rotatable bonds is 6. The Kier molecular flexibility index (Phi) is 5.71. The van der Waals surface area contributed by atoms with Crippen LogP contribution in [0.3, 0.4) is 0 Å². The first-order chi connectivity index (χ1) is 13.0. The van der Waals surface area contributed by atoms with E-state index in [0.717, 1.165) is 16.9 Å². The molecule has 27 heavy (non-hydrogen) atoms. The van der Waals surface area contributed by atoms with Gasteiger partial charge in [-0.15, -0.1) is 0 Å². The van der Waals surface area contributed by atoms with Crippen LogP contribution in [-0.2, 0) is 16.0 Å². The molecule has 1 atom stereocenters. The van der Waals surface area contributed by atoms with E-state index < -0.39 is 0 Å². The van der Waals surface area contributed by atoms with E-state index >= 15 is 0 Å². The maximum Gasteiger partial charge on any atom is 0.232 e. The summed E-state index contributed by atoms with van der Waals surface area (Å²) in [7, 11) is 0. The highest BCUT2D eigenvalue weighted by atomic mass is 16.3. The van der Waals surface area contributed by atoms with Gasteiger partial charge in [0.15, 0.2) is 0 Å². The molecule has 0 aliphatic carbocycles. The van der Waals surface area contributed by atoms with Crippen LogP contribution in [0.25, 0.3) is 0 Å². The number of aryl methyl sites for hydroxylation is 1. The van der Waals surface area contributed by atoms with E-state index in [-0.39, 0.29) is 17.7 Å². The Hall–Kier alpha value is -3.34.